The first-order chi connectivity index (χ1) is 9.58. The van der Waals surface area contributed by atoms with Crippen molar-refractivity contribution in [3.63, 3.8) is 0 Å². The summed E-state index contributed by atoms with van der Waals surface area (Å²) in [6.07, 6.45) is 4.75. The molecule has 0 bridgehead atoms. The molecule has 112 valence electrons. The zero-order chi connectivity index (χ0) is 15.0. The molecular formula is C15H26N4O. The van der Waals surface area contributed by atoms with Gasteiger partial charge in [-0.05, 0) is 32.4 Å². The summed E-state index contributed by atoms with van der Waals surface area (Å²) >= 11 is 0. The zero-order valence-electron chi connectivity index (χ0n) is 12.6. The minimum absolute atomic E-state index is 0.0227. The van der Waals surface area contributed by atoms with Gasteiger partial charge in [0, 0.05) is 24.8 Å². The summed E-state index contributed by atoms with van der Waals surface area (Å²) in [5, 5.41) is 6.17. The van der Waals surface area contributed by atoms with Crippen molar-refractivity contribution >= 4 is 11.7 Å². The topological polar surface area (TPSA) is 80.0 Å². The summed E-state index contributed by atoms with van der Waals surface area (Å²) in [6, 6.07) is 3.79. The lowest BCUT2D eigenvalue weighted by molar-refractivity contribution is 0.0936. The number of hydrogen-bond acceptors (Lipinski definition) is 4. The number of amides is 1. The highest BCUT2D eigenvalue weighted by atomic mass is 16.1. The molecule has 1 unspecified atom stereocenters. The van der Waals surface area contributed by atoms with Crippen molar-refractivity contribution in [1.29, 1.82) is 0 Å². The van der Waals surface area contributed by atoms with E-state index in [1.807, 2.05) is 13.8 Å². The molecule has 5 heteroatoms. The van der Waals surface area contributed by atoms with E-state index in [9.17, 15) is 4.79 Å². The number of carbonyl (C=O) groups excluding carboxylic acids is 1. The smallest absolute Gasteiger partial charge is 0.255 e. The van der Waals surface area contributed by atoms with Gasteiger partial charge in [-0.1, -0.05) is 19.8 Å². The Bertz CT molecular complexity index is 420. The Kier molecular flexibility index (Phi) is 7.01. The van der Waals surface area contributed by atoms with Crippen LogP contribution in [0.25, 0.3) is 0 Å². The van der Waals surface area contributed by atoms with E-state index in [0.29, 0.717) is 17.9 Å². The quantitative estimate of drug-likeness (QED) is 0.680. The molecule has 0 saturated heterocycles. The number of nitrogens with two attached hydrogens (primary N) is 1. The van der Waals surface area contributed by atoms with Crippen molar-refractivity contribution in [2.24, 2.45) is 5.73 Å². The minimum atomic E-state index is -0.118. The van der Waals surface area contributed by atoms with E-state index < -0.39 is 0 Å². The van der Waals surface area contributed by atoms with Crippen molar-refractivity contribution in [2.45, 2.75) is 52.1 Å². The fraction of sp³-hybridized carbons (Fsp3) is 0.600. The second-order valence-electron chi connectivity index (χ2n) is 5.25. The summed E-state index contributed by atoms with van der Waals surface area (Å²) < 4.78 is 0. The molecule has 0 fully saturated rings. The maximum absolute atomic E-state index is 12.3. The van der Waals surface area contributed by atoms with Crippen LogP contribution >= 0.6 is 0 Å². The van der Waals surface area contributed by atoms with E-state index in [2.05, 4.69) is 22.5 Å². The summed E-state index contributed by atoms with van der Waals surface area (Å²) in [6.45, 7) is 6.61. The first-order valence-electron chi connectivity index (χ1n) is 7.31. The van der Waals surface area contributed by atoms with Gasteiger partial charge in [-0.25, -0.2) is 4.98 Å². The van der Waals surface area contributed by atoms with Crippen molar-refractivity contribution < 1.29 is 4.79 Å². The first-order valence-corrected chi connectivity index (χ1v) is 7.31. The summed E-state index contributed by atoms with van der Waals surface area (Å²) in [5.74, 6) is 0.499. The molecule has 1 aromatic heterocycles. The molecule has 1 amide bonds. The maximum Gasteiger partial charge on any atom is 0.255 e. The maximum atomic E-state index is 12.3. The third-order valence-corrected chi connectivity index (χ3v) is 3.00. The lowest BCUT2D eigenvalue weighted by Gasteiger charge is -2.18. The third kappa shape index (κ3) is 5.17. The Morgan fingerprint density at radius 2 is 2.20 bits per heavy atom. The van der Waals surface area contributed by atoms with Crippen molar-refractivity contribution in [3.8, 4) is 0 Å². The molecule has 0 aliphatic rings. The van der Waals surface area contributed by atoms with Gasteiger partial charge in [0.15, 0.2) is 0 Å². The van der Waals surface area contributed by atoms with Gasteiger partial charge in [0.25, 0.3) is 5.91 Å². The second kappa shape index (κ2) is 8.53. The highest BCUT2D eigenvalue weighted by Crippen LogP contribution is 2.13. The van der Waals surface area contributed by atoms with Crippen LogP contribution in [0.3, 0.4) is 0 Å². The van der Waals surface area contributed by atoms with Crippen LogP contribution in [-0.4, -0.2) is 29.5 Å². The number of anilines is 1. The van der Waals surface area contributed by atoms with Gasteiger partial charge in [0.2, 0.25) is 0 Å². The van der Waals surface area contributed by atoms with Gasteiger partial charge in [-0.3, -0.25) is 4.79 Å². The van der Waals surface area contributed by atoms with Gasteiger partial charge in [0.05, 0.1) is 5.56 Å². The molecule has 1 heterocycles. The average Bonchev–Trinajstić information content (AvgIpc) is 2.43. The van der Waals surface area contributed by atoms with Crippen LogP contribution in [0.2, 0.25) is 0 Å². The lowest BCUT2D eigenvalue weighted by Crippen LogP contribution is -2.40. The third-order valence-electron chi connectivity index (χ3n) is 3.00. The molecule has 0 radical (unpaired) electrons. The SMILES string of the molecule is CCCCC(CN)NC(=O)c1cccnc1NC(C)C. The fourth-order valence-corrected chi connectivity index (χ4v) is 1.94. The van der Waals surface area contributed by atoms with Gasteiger partial charge in [-0.2, -0.15) is 0 Å². The predicted octanol–water partition coefficient (Wildman–Crippen LogP) is 2.15. The molecule has 20 heavy (non-hydrogen) atoms. The molecule has 0 spiro atoms. The van der Waals surface area contributed by atoms with Gasteiger partial charge in [0.1, 0.15) is 5.82 Å². The number of nitrogens with one attached hydrogen (secondary N) is 2. The van der Waals surface area contributed by atoms with Crippen LogP contribution in [0, 0.1) is 0 Å². The van der Waals surface area contributed by atoms with E-state index >= 15 is 0 Å². The van der Waals surface area contributed by atoms with Crippen LogP contribution in [0.1, 0.15) is 50.4 Å². The van der Waals surface area contributed by atoms with E-state index in [4.69, 9.17) is 5.73 Å². The van der Waals surface area contributed by atoms with Crippen LogP contribution in [-0.2, 0) is 0 Å². The highest BCUT2D eigenvalue weighted by molar-refractivity contribution is 5.98. The van der Waals surface area contributed by atoms with E-state index in [1.165, 1.54) is 0 Å². The molecule has 0 saturated carbocycles. The Morgan fingerprint density at radius 1 is 1.45 bits per heavy atom. The number of aromatic nitrogens is 1. The normalized spacial score (nSPS) is 12.2. The number of rotatable bonds is 8. The summed E-state index contributed by atoms with van der Waals surface area (Å²) in [4.78, 5) is 16.6. The molecule has 1 aromatic rings. The molecule has 0 aliphatic heterocycles. The number of carbonyl (C=O) groups is 1. The standard InChI is InChI=1S/C15H26N4O/c1-4-5-7-12(10-16)19-15(20)13-8-6-9-17-14(13)18-11(2)3/h6,8-9,11-12H,4-5,7,10,16H2,1-3H3,(H,17,18)(H,19,20). The van der Waals surface area contributed by atoms with Crippen LogP contribution < -0.4 is 16.4 Å². The predicted molar refractivity (Wildman–Crippen MR) is 82.8 cm³/mol. The van der Waals surface area contributed by atoms with Crippen molar-refractivity contribution in [2.75, 3.05) is 11.9 Å². The van der Waals surface area contributed by atoms with E-state index in [-0.39, 0.29) is 18.0 Å². The van der Waals surface area contributed by atoms with Crippen LogP contribution in [0.4, 0.5) is 5.82 Å². The molecule has 1 atom stereocenters. The number of nitrogens with zero attached hydrogens (tertiary/aromatic N) is 1. The lowest BCUT2D eigenvalue weighted by atomic mass is 10.1. The Morgan fingerprint density at radius 3 is 2.80 bits per heavy atom. The van der Waals surface area contributed by atoms with Crippen LogP contribution in [0.5, 0.6) is 0 Å². The molecule has 5 nitrogen and oxygen atoms in total. The zero-order valence-corrected chi connectivity index (χ0v) is 12.6. The van der Waals surface area contributed by atoms with Crippen molar-refractivity contribution in [1.82, 2.24) is 10.3 Å². The number of unbranched alkanes of at least 4 members (excludes halogenated alkanes) is 1. The average molecular weight is 278 g/mol. The molecule has 1 rings (SSSR count). The van der Waals surface area contributed by atoms with E-state index in [0.717, 1.165) is 19.3 Å². The minimum Gasteiger partial charge on any atom is -0.367 e. The molecular weight excluding hydrogens is 252 g/mol. The fourth-order valence-electron chi connectivity index (χ4n) is 1.94. The summed E-state index contributed by atoms with van der Waals surface area (Å²) in [7, 11) is 0. The molecule has 4 N–H and O–H groups in total. The largest absolute Gasteiger partial charge is 0.367 e. The van der Waals surface area contributed by atoms with Gasteiger partial charge >= 0.3 is 0 Å². The summed E-state index contributed by atoms with van der Waals surface area (Å²) in [5.41, 5.74) is 6.28. The van der Waals surface area contributed by atoms with Gasteiger partial charge < -0.3 is 16.4 Å². The van der Waals surface area contributed by atoms with Crippen molar-refractivity contribution in [3.05, 3.63) is 23.9 Å². The molecule has 0 aliphatic carbocycles. The van der Waals surface area contributed by atoms with Gasteiger partial charge in [-0.15, -0.1) is 0 Å². The second-order valence-corrected chi connectivity index (χ2v) is 5.25. The van der Waals surface area contributed by atoms with E-state index in [1.54, 1.807) is 18.3 Å². The highest BCUT2D eigenvalue weighted by Gasteiger charge is 2.16. The monoisotopic (exact) mass is 278 g/mol. The Balaban J connectivity index is 2.75. The number of pyridine rings is 1. The molecule has 0 aromatic carbocycles. The Hall–Kier alpha value is -1.62. The van der Waals surface area contributed by atoms with Crippen LogP contribution in [0.15, 0.2) is 18.3 Å². The Labute approximate surface area is 121 Å². The number of hydrogen-bond donors (Lipinski definition) is 3. The first kappa shape index (κ1) is 16.4.